The van der Waals surface area contributed by atoms with Crippen molar-refractivity contribution in [2.75, 3.05) is 6.61 Å². The molecule has 25 heavy (non-hydrogen) atoms. The lowest BCUT2D eigenvalue weighted by Crippen LogP contribution is -2.65. The van der Waals surface area contributed by atoms with Gasteiger partial charge in [-0.2, -0.15) is 0 Å². The summed E-state index contributed by atoms with van der Waals surface area (Å²) in [5.41, 5.74) is 0. The van der Waals surface area contributed by atoms with Crippen molar-refractivity contribution in [3.8, 4) is 0 Å². The van der Waals surface area contributed by atoms with Crippen LogP contribution in [0.4, 0.5) is 0 Å². The maximum absolute atomic E-state index is 6.95. The minimum absolute atomic E-state index is 0.156. The third-order valence-corrected chi connectivity index (χ3v) is 7.83. The molecular weight excluding hydrogens is 324 g/mol. The van der Waals surface area contributed by atoms with E-state index in [0.29, 0.717) is 18.4 Å². The first-order chi connectivity index (χ1) is 12.0. The number of hydrogen-bond donors (Lipinski definition) is 0. The molecule has 0 aromatic heterocycles. The summed E-state index contributed by atoms with van der Waals surface area (Å²) in [7, 11) is -2.76. The molecule has 0 aliphatic carbocycles. The molecule has 2 aromatic carbocycles. The van der Waals surface area contributed by atoms with Gasteiger partial charge in [-0.25, -0.2) is 0 Å². The van der Waals surface area contributed by atoms with E-state index in [-0.39, 0.29) is 6.10 Å². The molecule has 136 valence electrons. The standard InChI is InChI=1S/C22H32O2Si/c1-6-17-23-25(20-13-9-7-10-14-20,21-15-11-8-12-16-21)24-22(18(2)3)19(4)5/h7-16,18-19,22H,6,17H2,1-5H3. The zero-order chi connectivity index (χ0) is 18.3. The summed E-state index contributed by atoms with van der Waals surface area (Å²) >= 11 is 0. The third kappa shape index (κ3) is 4.81. The first-order valence-electron chi connectivity index (χ1n) is 9.44. The second-order valence-corrected chi connectivity index (χ2v) is 10.2. The lowest BCUT2D eigenvalue weighted by atomic mass is 9.97. The molecule has 0 heterocycles. The van der Waals surface area contributed by atoms with Gasteiger partial charge in [0.15, 0.2) is 0 Å². The van der Waals surface area contributed by atoms with E-state index in [9.17, 15) is 0 Å². The van der Waals surface area contributed by atoms with E-state index in [4.69, 9.17) is 8.85 Å². The van der Waals surface area contributed by atoms with Gasteiger partial charge in [-0.15, -0.1) is 0 Å². The van der Waals surface area contributed by atoms with E-state index in [1.807, 2.05) is 0 Å². The average molecular weight is 357 g/mol. The molecule has 0 atom stereocenters. The van der Waals surface area contributed by atoms with Gasteiger partial charge in [0.1, 0.15) is 0 Å². The molecule has 0 spiro atoms. The highest BCUT2D eigenvalue weighted by Gasteiger charge is 2.45. The van der Waals surface area contributed by atoms with E-state index >= 15 is 0 Å². The molecule has 0 fully saturated rings. The number of hydrogen-bond acceptors (Lipinski definition) is 2. The predicted octanol–water partition coefficient (Wildman–Crippen LogP) is 4.37. The molecule has 0 amide bonds. The fourth-order valence-electron chi connectivity index (χ4n) is 3.30. The highest BCUT2D eigenvalue weighted by atomic mass is 28.4. The Balaban J connectivity index is 2.58. The number of rotatable bonds is 9. The van der Waals surface area contributed by atoms with E-state index in [1.165, 1.54) is 10.4 Å². The van der Waals surface area contributed by atoms with Crippen LogP contribution in [0.15, 0.2) is 60.7 Å². The van der Waals surface area contributed by atoms with Crippen LogP contribution in [0.3, 0.4) is 0 Å². The van der Waals surface area contributed by atoms with E-state index in [0.717, 1.165) is 6.42 Å². The monoisotopic (exact) mass is 356 g/mol. The van der Waals surface area contributed by atoms with Gasteiger partial charge in [0.25, 0.3) is 0 Å². The Labute approximate surface area is 154 Å². The summed E-state index contributed by atoms with van der Waals surface area (Å²) in [4.78, 5) is 0. The normalized spacial score (nSPS) is 12.3. The second-order valence-electron chi connectivity index (χ2n) is 7.27. The summed E-state index contributed by atoms with van der Waals surface area (Å²) in [5, 5.41) is 2.36. The fraction of sp³-hybridized carbons (Fsp3) is 0.455. The maximum Gasteiger partial charge on any atom is 0.407 e. The SMILES string of the molecule is CCCO[Si](OC(C(C)C)C(C)C)(c1ccccc1)c1ccccc1. The van der Waals surface area contributed by atoms with Gasteiger partial charge in [0.05, 0.1) is 6.10 Å². The van der Waals surface area contributed by atoms with Crippen LogP contribution in [-0.4, -0.2) is 21.3 Å². The Morgan fingerprint density at radius 1 is 0.760 bits per heavy atom. The van der Waals surface area contributed by atoms with Crippen molar-refractivity contribution in [1.29, 1.82) is 0 Å². The average Bonchev–Trinajstić information content (AvgIpc) is 2.63. The topological polar surface area (TPSA) is 18.5 Å². The van der Waals surface area contributed by atoms with E-state index in [2.05, 4.69) is 95.3 Å². The Morgan fingerprint density at radius 2 is 1.20 bits per heavy atom. The minimum atomic E-state index is -2.76. The summed E-state index contributed by atoms with van der Waals surface area (Å²) in [6, 6.07) is 21.1. The first-order valence-corrected chi connectivity index (χ1v) is 11.3. The van der Waals surface area contributed by atoms with Gasteiger partial charge in [-0.05, 0) is 28.6 Å². The Kier molecular flexibility index (Phi) is 7.42. The summed E-state index contributed by atoms with van der Waals surface area (Å²) in [6.45, 7) is 11.8. The van der Waals surface area contributed by atoms with Crippen molar-refractivity contribution >= 4 is 18.9 Å². The Hall–Kier alpha value is -1.42. The first kappa shape index (κ1) is 19.9. The zero-order valence-corrected chi connectivity index (χ0v) is 17.2. The van der Waals surface area contributed by atoms with Gasteiger partial charge in [-0.1, -0.05) is 95.3 Å². The molecule has 2 aromatic rings. The van der Waals surface area contributed by atoms with Crippen LogP contribution in [-0.2, 0) is 8.85 Å². The third-order valence-electron chi connectivity index (χ3n) is 4.43. The van der Waals surface area contributed by atoms with Crippen LogP contribution in [0.1, 0.15) is 41.0 Å². The van der Waals surface area contributed by atoms with Gasteiger partial charge in [-0.3, -0.25) is 0 Å². The molecule has 0 bridgehead atoms. The molecule has 0 saturated heterocycles. The van der Waals surface area contributed by atoms with Crippen LogP contribution >= 0.6 is 0 Å². The lowest BCUT2D eigenvalue weighted by molar-refractivity contribution is 0.0636. The highest BCUT2D eigenvalue weighted by molar-refractivity contribution is 6.92. The largest absolute Gasteiger partial charge is 0.407 e. The smallest absolute Gasteiger partial charge is 0.388 e. The van der Waals surface area contributed by atoms with Crippen LogP contribution < -0.4 is 10.4 Å². The van der Waals surface area contributed by atoms with Crippen LogP contribution in [0, 0.1) is 11.8 Å². The van der Waals surface area contributed by atoms with Crippen molar-refractivity contribution in [2.24, 2.45) is 11.8 Å². The van der Waals surface area contributed by atoms with Gasteiger partial charge < -0.3 is 8.85 Å². The molecule has 0 aliphatic heterocycles. The van der Waals surface area contributed by atoms with Crippen LogP contribution in [0.25, 0.3) is 0 Å². The Morgan fingerprint density at radius 3 is 1.56 bits per heavy atom. The molecule has 3 heteroatoms. The molecule has 0 unspecified atom stereocenters. The van der Waals surface area contributed by atoms with Gasteiger partial charge in [0, 0.05) is 6.61 Å². The summed E-state index contributed by atoms with van der Waals surface area (Å²) in [6.07, 6.45) is 1.13. The molecule has 2 nitrogen and oxygen atoms in total. The van der Waals surface area contributed by atoms with Gasteiger partial charge in [0.2, 0.25) is 0 Å². The number of benzene rings is 2. The van der Waals surface area contributed by atoms with Gasteiger partial charge >= 0.3 is 8.56 Å². The van der Waals surface area contributed by atoms with E-state index in [1.54, 1.807) is 0 Å². The maximum atomic E-state index is 6.95. The van der Waals surface area contributed by atoms with Crippen molar-refractivity contribution < 1.29 is 8.85 Å². The predicted molar refractivity (Wildman–Crippen MR) is 109 cm³/mol. The van der Waals surface area contributed by atoms with E-state index < -0.39 is 8.56 Å². The van der Waals surface area contributed by atoms with Crippen molar-refractivity contribution in [1.82, 2.24) is 0 Å². The molecule has 0 saturated carbocycles. The van der Waals surface area contributed by atoms with Crippen LogP contribution in [0.5, 0.6) is 0 Å². The molecule has 0 N–H and O–H groups in total. The summed E-state index contributed by atoms with van der Waals surface area (Å²) in [5.74, 6) is 0.869. The van der Waals surface area contributed by atoms with Crippen molar-refractivity contribution in [2.45, 2.75) is 47.1 Å². The fourth-order valence-corrected chi connectivity index (χ4v) is 6.99. The Bertz CT molecular complexity index is 563. The molecule has 0 aliphatic rings. The van der Waals surface area contributed by atoms with Crippen molar-refractivity contribution in [3.05, 3.63) is 60.7 Å². The van der Waals surface area contributed by atoms with Crippen molar-refractivity contribution in [3.63, 3.8) is 0 Å². The molecule has 0 radical (unpaired) electrons. The second kappa shape index (κ2) is 9.32. The quantitative estimate of drug-likeness (QED) is 0.621. The summed E-state index contributed by atoms with van der Waals surface area (Å²) < 4.78 is 13.6. The minimum Gasteiger partial charge on any atom is -0.388 e. The van der Waals surface area contributed by atoms with Crippen LogP contribution in [0.2, 0.25) is 0 Å². The zero-order valence-electron chi connectivity index (χ0n) is 16.2. The lowest BCUT2D eigenvalue weighted by Gasteiger charge is -2.38. The molecule has 2 rings (SSSR count). The highest BCUT2D eigenvalue weighted by Crippen LogP contribution is 2.22. The molecular formula is C22H32O2Si.